The first-order valence-electron chi connectivity index (χ1n) is 25.5. The predicted octanol–water partition coefficient (Wildman–Crippen LogP) is 15.2. The fourth-order valence-corrected chi connectivity index (χ4v) is 7.52. The Morgan fingerprint density at radius 2 is 0.967 bits per heavy atom. The number of hydrogen-bond acceptors (Lipinski definition) is 5. The number of hydrogen-bond donors (Lipinski definition) is 3. The topological polar surface area (TPSA) is 95.9 Å². The highest BCUT2D eigenvalue weighted by molar-refractivity contribution is 5.77. The van der Waals surface area contributed by atoms with E-state index < -0.39 is 18.2 Å². The lowest BCUT2D eigenvalue weighted by Gasteiger charge is -2.24. The van der Waals surface area contributed by atoms with Gasteiger partial charge in [-0.2, -0.15) is 0 Å². The zero-order chi connectivity index (χ0) is 43.8. The number of nitrogens with one attached hydrogen (secondary N) is 1. The van der Waals surface area contributed by atoms with Crippen LogP contribution in [0.2, 0.25) is 0 Å². The molecule has 0 heterocycles. The Morgan fingerprint density at radius 3 is 1.52 bits per heavy atom. The smallest absolute Gasteiger partial charge is 0.306 e. The van der Waals surface area contributed by atoms with Gasteiger partial charge in [-0.25, -0.2) is 0 Å². The Labute approximate surface area is 371 Å². The molecule has 0 aromatic carbocycles. The van der Waals surface area contributed by atoms with Gasteiger partial charge in [-0.15, -0.1) is 0 Å². The Hall–Kier alpha value is -2.44. The number of carbonyl (C=O) groups excluding carboxylic acids is 2. The van der Waals surface area contributed by atoms with Crippen molar-refractivity contribution in [2.75, 3.05) is 6.61 Å². The van der Waals surface area contributed by atoms with Crippen LogP contribution in [0.1, 0.15) is 245 Å². The van der Waals surface area contributed by atoms with Gasteiger partial charge in [-0.3, -0.25) is 9.59 Å². The highest BCUT2D eigenvalue weighted by atomic mass is 16.5. The Morgan fingerprint density at radius 1 is 0.517 bits per heavy atom. The first-order valence-corrected chi connectivity index (χ1v) is 25.5. The van der Waals surface area contributed by atoms with E-state index in [0.29, 0.717) is 19.3 Å². The van der Waals surface area contributed by atoms with Crippen LogP contribution in [0.25, 0.3) is 0 Å². The van der Waals surface area contributed by atoms with Gasteiger partial charge in [0.15, 0.2) is 0 Å². The van der Waals surface area contributed by atoms with Crippen molar-refractivity contribution in [3.8, 4) is 0 Å². The van der Waals surface area contributed by atoms with E-state index in [9.17, 15) is 19.8 Å². The van der Waals surface area contributed by atoms with Gasteiger partial charge in [0, 0.05) is 6.42 Å². The van der Waals surface area contributed by atoms with Crippen molar-refractivity contribution in [1.29, 1.82) is 0 Å². The SMILES string of the molecule is CC/C=C/C=C/C=C\CCCCCCCC(=O)OC(CCCCCCC/C=C\C/C=C\CCCCC)CC(=O)NC(CO)C(O)CCCCCCCCCCCCCCC. The highest BCUT2D eigenvalue weighted by Crippen LogP contribution is 2.18. The van der Waals surface area contributed by atoms with Crippen molar-refractivity contribution in [3.05, 3.63) is 60.8 Å². The second-order valence-corrected chi connectivity index (χ2v) is 17.2. The lowest BCUT2D eigenvalue weighted by molar-refractivity contribution is -0.151. The molecule has 0 aliphatic carbocycles. The summed E-state index contributed by atoms with van der Waals surface area (Å²) in [6.45, 7) is 6.32. The van der Waals surface area contributed by atoms with E-state index in [4.69, 9.17) is 4.74 Å². The first-order chi connectivity index (χ1) is 29.5. The first kappa shape index (κ1) is 57.6. The molecule has 0 spiro atoms. The number of aliphatic hydroxyl groups excluding tert-OH is 2. The summed E-state index contributed by atoms with van der Waals surface area (Å²) < 4.78 is 5.92. The minimum atomic E-state index is -0.796. The van der Waals surface area contributed by atoms with Crippen molar-refractivity contribution >= 4 is 11.9 Å². The largest absolute Gasteiger partial charge is 0.462 e. The molecule has 0 fully saturated rings. The van der Waals surface area contributed by atoms with Crippen LogP contribution in [0.3, 0.4) is 0 Å². The number of carbonyl (C=O) groups is 2. The number of ether oxygens (including phenoxy) is 1. The summed E-state index contributed by atoms with van der Waals surface area (Å²) in [6, 6.07) is -0.711. The summed E-state index contributed by atoms with van der Waals surface area (Å²) in [5.41, 5.74) is 0. The molecule has 0 aliphatic rings. The van der Waals surface area contributed by atoms with Gasteiger partial charge >= 0.3 is 5.97 Å². The van der Waals surface area contributed by atoms with E-state index >= 15 is 0 Å². The van der Waals surface area contributed by atoms with Crippen molar-refractivity contribution in [3.63, 3.8) is 0 Å². The molecular weight excluding hydrogens is 743 g/mol. The Balaban J connectivity index is 4.64. The summed E-state index contributed by atoms with van der Waals surface area (Å²) >= 11 is 0. The van der Waals surface area contributed by atoms with Crippen LogP contribution in [-0.4, -0.2) is 46.9 Å². The van der Waals surface area contributed by atoms with E-state index in [0.717, 1.165) is 96.3 Å². The second kappa shape index (κ2) is 47.6. The molecule has 0 saturated carbocycles. The summed E-state index contributed by atoms with van der Waals surface area (Å²) in [5.74, 6) is -0.510. The third kappa shape index (κ3) is 42.3. The maximum Gasteiger partial charge on any atom is 0.306 e. The predicted molar refractivity (Wildman–Crippen MR) is 259 cm³/mol. The molecule has 6 nitrogen and oxygen atoms in total. The quantitative estimate of drug-likeness (QED) is 0.0246. The van der Waals surface area contributed by atoms with Gasteiger partial charge in [0.2, 0.25) is 5.91 Å². The maximum atomic E-state index is 13.2. The van der Waals surface area contributed by atoms with Crippen LogP contribution >= 0.6 is 0 Å². The van der Waals surface area contributed by atoms with E-state index in [1.54, 1.807) is 0 Å². The number of allylic oxidation sites excluding steroid dienone is 10. The monoisotopic (exact) mass is 840 g/mol. The third-order valence-electron chi connectivity index (χ3n) is 11.4. The molecule has 3 N–H and O–H groups in total. The molecule has 0 saturated heterocycles. The fourth-order valence-electron chi connectivity index (χ4n) is 7.52. The van der Waals surface area contributed by atoms with Gasteiger partial charge in [-0.05, 0) is 77.0 Å². The average Bonchev–Trinajstić information content (AvgIpc) is 3.24. The molecule has 6 heteroatoms. The molecule has 3 unspecified atom stereocenters. The summed E-state index contributed by atoms with van der Waals surface area (Å²) in [4.78, 5) is 26.1. The van der Waals surface area contributed by atoms with E-state index in [2.05, 4.69) is 86.8 Å². The number of amides is 1. The molecule has 0 rings (SSSR count). The Bertz CT molecular complexity index is 1080. The third-order valence-corrected chi connectivity index (χ3v) is 11.4. The van der Waals surface area contributed by atoms with Crippen molar-refractivity contribution in [2.24, 2.45) is 0 Å². The summed E-state index contributed by atoms with van der Waals surface area (Å²) in [7, 11) is 0. The summed E-state index contributed by atoms with van der Waals surface area (Å²) in [5, 5.41) is 23.8. The minimum Gasteiger partial charge on any atom is -0.462 e. The fraction of sp³-hybridized carbons (Fsp3) is 0.778. The molecule has 1 amide bonds. The van der Waals surface area contributed by atoms with Gasteiger partial charge < -0.3 is 20.3 Å². The molecule has 0 bridgehead atoms. The lowest BCUT2D eigenvalue weighted by atomic mass is 10.0. The molecular formula is C54H97NO5. The highest BCUT2D eigenvalue weighted by Gasteiger charge is 2.24. The lowest BCUT2D eigenvalue weighted by Crippen LogP contribution is -2.46. The molecule has 0 aromatic rings. The number of aliphatic hydroxyl groups is 2. The molecule has 60 heavy (non-hydrogen) atoms. The normalized spacial score (nSPS) is 13.8. The van der Waals surface area contributed by atoms with Crippen LogP contribution in [0.5, 0.6) is 0 Å². The standard InChI is InChI=1S/C54H97NO5/c1-4-7-10-13-16-19-22-25-26-29-30-33-36-39-42-45-50(60-54(59)47-44-41-38-35-32-28-24-21-18-15-12-9-6-3)48-53(58)55-51(49-56)52(57)46-43-40-37-34-31-27-23-20-17-14-11-8-5-2/h9,12,15-16,18-19,21,24-26,50-52,56-57H,4-8,10-11,13-14,17,20,22-23,27-49H2,1-3H3,(H,55,58)/b12-9+,18-15+,19-16-,24-21-,26-25-. The zero-order valence-electron chi connectivity index (χ0n) is 39.6. The van der Waals surface area contributed by atoms with E-state index in [-0.39, 0.29) is 24.9 Å². The molecule has 0 radical (unpaired) electrons. The van der Waals surface area contributed by atoms with E-state index in [1.807, 2.05) is 0 Å². The number of esters is 1. The minimum absolute atomic E-state index is 0.0587. The Kier molecular flexibility index (Phi) is 45.7. The van der Waals surface area contributed by atoms with Crippen LogP contribution in [0.15, 0.2) is 60.8 Å². The summed E-state index contributed by atoms with van der Waals surface area (Å²) in [6.07, 6.45) is 58.4. The van der Waals surface area contributed by atoms with Crippen molar-refractivity contribution < 1.29 is 24.5 Å². The van der Waals surface area contributed by atoms with Crippen molar-refractivity contribution in [1.82, 2.24) is 5.32 Å². The molecule has 348 valence electrons. The zero-order valence-corrected chi connectivity index (χ0v) is 39.6. The molecule has 3 atom stereocenters. The van der Waals surface area contributed by atoms with Crippen molar-refractivity contribution in [2.45, 2.75) is 264 Å². The number of unbranched alkanes of at least 4 members (excludes halogenated alkanes) is 25. The number of rotatable bonds is 45. The van der Waals surface area contributed by atoms with Gasteiger partial charge in [0.1, 0.15) is 6.10 Å². The molecule has 0 aliphatic heterocycles. The second-order valence-electron chi connectivity index (χ2n) is 17.2. The van der Waals surface area contributed by atoms with Gasteiger partial charge in [0.05, 0.1) is 25.2 Å². The average molecular weight is 840 g/mol. The van der Waals surface area contributed by atoms with Gasteiger partial charge in [-0.1, -0.05) is 216 Å². The maximum absolute atomic E-state index is 13.2. The van der Waals surface area contributed by atoms with Crippen LogP contribution in [-0.2, 0) is 14.3 Å². The molecule has 0 aromatic heterocycles. The van der Waals surface area contributed by atoms with E-state index in [1.165, 1.54) is 103 Å². The van der Waals surface area contributed by atoms with Crippen LogP contribution in [0, 0.1) is 0 Å². The van der Waals surface area contributed by atoms with Gasteiger partial charge in [0.25, 0.3) is 0 Å². The van der Waals surface area contributed by atoms with Crippen LogP contribution in [0.4, 0.5) is 0 Å². The van der Waals surface area contributed by atoms with Crippen LogP contribution < -0.4 is 5.32 Å².